The van der Waals surface area contributed by atoms with E-state index in [1.165, 1.54) is 6.42 Å². The molecule has 3 unspecified atom stereocenters. The maximum atomic E-state index is 5.77. The highest BCUT2D eigenvalue weighted by Crippen LogP contribution is 2.11. The van der Waals surface area contributed by atoms with Gasteiger partial charge in [-0.25, -0.2) is 0 Å². The van der Waals surface area contributed by atoms with Crippen LogP contribution < -0.4 is 5.32 Å². The third-order valence-corrected chi connectivity index (χ3v) is 3.49. The number of hydrogen-bond donors (Lipinski definition) is 1. The van der Waals surface area contributed by atoms with Gasteiger partial charge in [0.15, 0.2) is 0 Å². The highest BCUT2D eigenvalue weighted by Gasteiger charge is 2.24. The van der Waals surface area contributed by atoms with E-state index in [0.29, 0.717) is 12.1 Å². The van der Waals surface area contributed by atoms with E-state index in [0.717, 1.165) is 32.2 Å². The topological polar surface area (TPSA) is 24.5 Å². The van der Waals surface area contributed by atoms with Crippen LogP contribution in [0.25, 0.3) is 0 Å². The van der Waals surface area contributed by atoms with Gasteiger partial charge in [-0.1, -0.05) is 20.3 Å². The fraction of sp³-hybridized carbons (Fsp3) is 1.00. The fourth-order valence-electron chi connectivity index (χ4n) is 1.97. The molecule has 15 heavy (non-hydrogen) atoms. The zero-order valence-corrected chi connectivity index (χ0v) is 10.6. The van der Waals surface area contributed by atoms with Crippen LogP contribution in [0.4, 0.5) is 0 Å². The van der Waals surface area contributed by atoms with E-state index in [2.05, 4.69) is 38.0 Å². The Morgan fingerprint density at radius 3 is 2.73 bits per heavy atom. The minimum absolute atomic E-state index is 0.354. The van der Waals surface area contributed by atoms with Crippen molar-refractivity contribution >= 4 is 0 Å². The first kappa shape index (κ1) is 12.9. The summed E-state index contributed by atoms with van der Waals surface area (Å²) in [6.07, 6.45) is 1.61. The van der Waals surface area contributed by atoms with Gasteiger partial charge in [0, 0.05) is 25.7 Å². The van der Waals surface area contributed by atoms with Crippen LogP contribution >= 0.6 is 0 Å². The standard InChI is InChI=1S/C12H26N2O/c1-5-10(2)9-14(4)11(3)12-8-13-6-7-15-12/h10-13H,5-9H2,1-4H3. The minimum atomic E-state index is 0.354. The SMILES string of the molecule is CCC(C)CN(C)C(C)C1CNCCO1. The average molecular weight is 214 g/mol. The predicted octanol–water partition coefficient (Wildman–Crippen LogP) is 1.34. The lowest BCUT2D eigenvalue weighted by molar-refractivity contribution is -0.0225. The van der Waals surface area contributed by atoms with Crippen molar-refractivity contribution in [2.75, 3.05) is 33.3 Å². The molecule has 0 aromatic heterocycles. The third kappa shape index (κ3) is 4.09. The number of nitrogens with one attached hydrogen (secondary N) is 1. The quantitative estimate of drug-likeness (QED) is 0.747. The normalized spacial score (nSPS) is 26.6. The van der Waals surface area contributed by atoms with Crippen LogP contribution in [-0.2, 0) is 4.74 Å². The number of hydrogen-bond acceptors (Lipinski definition) is 3. The molecule has 1 heterocycles. The van der Waals surface area contributed by atoms with Gasteiger partial charge in [0.2, 0.25) is 0 Å². The maximum Gasteiger partial charge on any atom is 0.0852 e. The van der Waals surface area contributed by atoms with Crippen molar-refractivity contribution in [1.29, 1.82) is 0 Å². The molecule has 0 radical (unpaired) electrons. The third-order valence-electron chi connectivity index (χ3n) is 3.49. The molecule has 3 atom stereocenters. The lowest BCUT2D eigenvalue weighted by atomic mass is 10.1. The van der Waals surface area contributed by atoms with Crippen molar-refractivity contribution in [2.24, 2.45) is 5.92 Å². The van der Waals surface area contributed by atoms with E-state index in [4.69, 9.17) is 4.74 Å². The van der Waals surface area contributed by atoms with Crippen LogP contribution in [0.5, 0.6) is 0 Å². The van der Waals surface area contributed by atoms with Gasteiger partial charge in [0.05, 0.1) is 12.7 Å². The molecule has 0 bridgehead atoms. The van der Waals surface area contributed by atoms with E-state index in [1.807, 2.05) is 0 Å². The molecule has 1 aliphatic heterocycles. The van der Waals surface area contributed by atoms with Crippen molar-refractivity contribution in [3.8, 4) is 0 Å². The Morgan fingerprint density at radius 2 is 2.20 bits per heavy atom. The Morgan fingerprint density at radius 1 is 1.47 bits per heavy atom. The summed E-state index contributed by atoms with van der Waals surface area (Å²) in [5.41, 5.74) is 0. The summed E-state index contributed by atoms with van der Waals surface area (Å²) >= 11 is 0. The van der Waals surface area contributed by atoms with Crippen LogP contribution in [0.1, 0.15) is 27.2 Å². The molecule has 3 heteroatoms. The Kier molecular flexibility index (Phi) is 5.58. The summed E-state index contributed by atoms with van der Waals surface area (Å²) in [6.45, 7) is 10.8. The fourth-order valence-corrected chi connectivity index (χ4v) is 1.97. The number of morpholine rings is 1. The molecule has 0 amide bonds. The molecule has 1 saturated heterocycles. The number of ether oxygens (including phenoxy) is 1. The lowest BCUT2D eigenvalue weighted by Gasteiger charge is -2.35. The summed E-state index contributed by atoms with van der Waals surface area (Å²) in [4.78, 5) is 2.42. The van der Waals surface area contributed by atoms with Crippen molar-refractivity contribution < 1.29 is 4.74 Å². The molecule has 0 spiro atoms. The van der Waals surface area contributed by atoms with E-state index < -0.39 is 0 Å². The second-order valence-electron chi connectivity index (χ2n) is 4.81. The van der Waals surface area contributed by atoms with Gasteiger partial charge in [-0.15, -0.1) is 0 Å². The van der Waals surface area contributed by atoms with Crippen LogP contribution in [0.3, 0.4) is 0 Å². The van der Waals surface area contributed by atoms with Crippen LogP contribution in [0.2, 0.25) is 0 Å². The summed E-state index contributed by atoms with van der Waals surface area (Å²) in [5, 5.41) is 3.39. The van der Waals surface area contributed by atoms with E-state index in [-0.39, 0.29) is 0 Å². The zero-order valence-electron chi connectivity index (χ0n) is 10.6. The molecule has 0 aliphatic carbocycles. The van der Waals surface area contributed by atoms with Gasteiger partial charge in [-0.05, 0) is 19.9 Å². The molecule has 90 valence electrons. The first-order valence-corrected chi connectivity index (χ1v) is 6.17. The highest BCUT2D eigenvalue weighted by atomic mass is 16.5. The summed E-state index contributed by atoms with van der Waals surface area (Å²) in [6, 6.07) is 0.506. The van der Waals surface area contributed by atoms with Crippen molar-refractivity contribution in [3.63, 3.8) is 0 Å². The first-order chi connectivity index (χ1) is 7.15. The zero-order chi connectivity index (χ0) is 11.3. The molecule has 0 aromatic carbocycles. The largest absolute Gasteiger partial charge is 0.374 e. The summed E-state index contributed by atoms with van der Waals surface area (Å²) in [7, 11) is 2.20. The van der Waals surface area contributed by atoms with E-state index >= 15 is 0 Å². The smallest absolute Gasteiger partial charge is 0.0852 e. The summed E-state index contributed by atoms with van der Waals surface area (Å²) in [5.74, 6) is 0.772. The van der Waals surface area contributed by atoms with Crippen LogP contribution in [0.15, 0.2) is 0 Å². The lowest BCUT2D eigenvalue weighted by Crippen LogP contribution is -2.50. The minimum Gasteiger partial charge on any atom is -0.374 e. The Balaban J connectivity index is 2.33. The Bertz CT molecular complexity index is 169. The van der Waals surface area contributed by atoms with Gasteiger partial charge in [0.1, 0.15) is 0 Å². The van der Waals surface area contributed by atoms with Crippen molar-refractivity contribution in [2.45, 2.75) is 39.3 Å². The molecule has 0 saturated carbocycles. The molecule has 3 nitrogen and oxygen atoms in total. The highest BCUT2D eigenvalue weighted by molar-refractivity contribution is 4.79. The van der Waals surface area contributed by atoms with E-state index in [9.17, 15) is 0 Å². The molecule has 1 fully saturated rings. The van der Waals surface area contributed by atoms with Gasteiger partial charge in [-0.3, -0.25) is 0 Å². The molecule has 1 rings (SSSR count). The van der Waals surface area contributed by atoms with Gasteiger partial charge < -0.3 is 15.0 Å². The molecule has 1 aliphatic rings. The molecular weight excluding hydrogens is 188 g/mol. The summed E-state index contributed by atoms with van der Waals surface area (Å²) < 4.78 is 5.77. The van der Waals surface area contributed by atoms with Crippen molar-refractivity contribution in [1.82, 2.24) is 10.2 Å². The van der Waals surface area contributed by atoms with Gasteiger partial charge in [-0.2, -0.15) is 0 Å². The Hall–Kier alpha value is -0.120. The van der Waals surface area contributed by atoms with Crippen LogP contribution in [-0.4, -0.2) is 50.3 Å². The van der Waals surface area contributed by atoms with E-state index in [1.54, 1.807) is 0 Å². The number of nitrogens with zero attached hydrogens (tertiary/aromatic N) is 1. The van der Waals surface area contributed by atoms with Crippen molar-refractivity contribution in [3.05, 3.63) is 0 Å². The van der Waals surface area contributed by atoms with Gasteiger partial charge >= 0.3 is 0 Å². The monoisotopic (exact) mass is 214 g/mol. The second-order valence-corrected chi connectivity index (χ2v) is 4.81. The maximum absolute atomic E-state index is 5.77. The van der Waals surface area contributed by atoms with Crippen LogP contribution in [0, 0.1) is 5.92 Å². The molecular formula is C12H26N2O. The number of rotatable bonds is 5. The predicted molar refractivity (Wildman–Crippen MR) is 64.2 cm³/mol. The number of likely N-dealkylation sites (N-methyl/N-ethyl adjacent to an activating group) is 1. The first-order valence-electron chi connectivity index (χ1n) is 6.17. The molecule has 1 N–H and O–H groups in total. The average Bonchev–Trinajstić information content (AvgIpc) is 2.29. The Labute approximate surface area is 94.2 Å². The second kappa shape index (κ2) is 6.46. The molecule has 0 aromatic rings. The van der Waals surface area contributed by atoms with Gasteiger partial charge in [0.25, 0.3) is 0 Å².